The monoisotopic (exact) mass is 211 g/mol. The Morgan fingerprint density at radius 2 is 2.40 bits per heavy atom. The van der Waals surface area contributed by atoms with Crippen LogP contribution in [0.15, 0.2) is 11.0 Å². The number of nitrogens with one attached hydrogen (secondary N) is 2. The molecule has 0 aliphatic rings. The number of rotatable bonds is 4. The van der Waals surface area contributed by atoms with Crippen LogP contribution in [-0.4, -0.2) is 33.7 Å². The number of aromatic nitrogens is 2. The highest BCUT2D eigenvalue weighted by Gasteiger charge is 2.13. The third-order valence-corrected chi connectivity index (χ3v) is 1.88. The number of aliphatic hydroxyl groups excluding tert-OH is 1. The molecule has 0 aliphatic carbocycles. The first kappa shape index (κ1) is 11.4. The lowest BCUT2D eigenvalue weighted by atomic mass is 10.1. The minimum absolute atomic E-state index is 0.0327. The van der Waals surface area contributed by atoms with E-state index in [2.05, 4.69) is 15.5 Å². The molecule has 1 unspecified atom stereocenters. The SMILES string of the molecule is CC(=O)c1c(NC(C)CO)cn[nH]c1=O. The van der Waals surface area contributed by atoms with E-state index >= 15 is 0 Å². The summed E-state index contributed by atoms with van der Waals surface area (Å²) in [5.41, 5.74) is -0.157. The summed E-state index contributed by atoms with van der Waals surface area (Å²) in [7, 11) is 0. The zero-order valence-corrected chi connectivity index (χ0v) is 8.57. The summed E-state index contributed by atoms with van der Waals surface area (Å²) in [5, 5.41) is 17.4. The van der Waals surface area contributed by atoms with Gasteiger partial charge in [0.05, 0.1) is 18.5 Å². The second-order valence-corrected chi connectivity index (χ2v) is 3.27. The number of hydrogen-bond acceptors (Lipinski definition) is 5. The standard InChI is InChI=1S/C9H13N3O3/c1-5(4-13)11-7-3-10-12-9(15)8(7)6(2)14/h3,5,13H,4H2,1-2H3,(H2,11,12,15). The first-order valence-electron chi connectivity index (χ1n) is 4.52. The predicted octanol–water partition coefficient (Wildman–Crippen LogP) is -0.235. The van der Waals surface area contributed by atoms with Crippen LogP contribution in [-0.2, 0) is 0 Å². The van der Waals surface area contributed by atoms with Crippen LogP contribution in [0, 0.1) is 0 Å². The van der Waals surface area contributed by atoms with Gasteiger partial charge in [-0.2, -0.15) is 5.10 Å². The summed E-state index contributed by atoms with van der Waals surface area (Å²) in [5.74, 6) is -0.341. The number of hydrogen-bond donors (Lipinski definition) is 3. The lowest BCUT2D eigenvalue weighted by Gasteiger charge is -2.13. The summed E-state index contributed by atoms with van der Waals surface area (Å²) in [6.45, 7) is 2.94. The van der Waals surface area contributed by atoms with E-state index in [1.807, 2.05) is 0 Å². The van der Waals surface area contributed by atoms with Crippen LogP contribution in [0.3, 0.4) is 0 Å². The first-order valence-corrected chi connectivity index (χ1v) is 4.52. The van der Waals surface area contributed by atoms with Crippen molar-refractivity contribution < 1.29 is 9.90 Å². The molecule has 1 atom stereocenters. The van der Waals surface area contributed by atoms with Crippen LogP contribution in [0.2, 0.25) is 0 Å². The van der Waals surface area contributed by atoms with Gasteiger partial charge in [-0.1, -0.05) is 0 Å². The third kappa shape index (κ3) is 2.63. The van der Waals surface area contributed by atoms with Crippen molar-refractivity contribution in [3.05, 3.63) is 22.1 Å². The molecule has 15 heavy (non-hydrogen) atoms. The number of ketones is 1. The molecule has 82 valence electrons. The highest BCUT2D eigenvalue weighted by Crippen LogP contribution is 2.10. The third-order valence-electron chi connectivity index (χ3n) is 1.88. The quantitative estimate of drug-likeness (QED) is 0.598. The Morgan fingerprint density at radius 3 is 2.93 bits per heavy atom. The lowest BCUT2D eigenvalue weighted by molar-refractivity contribution is 0.101. The zero-order chi connectivity index (χ0) is 11.4. The van der Waals surface area contributed by atoms with Crippen LogP contribution < -0.4 is 10.9 Å². The van der Waals surface area contributed by atoms with E-state index in [-0.39, 0.29) is 24.0 Å². The minimum Gasteiger partial charge on any atom is -0.394 e. The van der Waals surface area contributed by atoms with Gasteiger partial charge in [-0.3, -0.25) is 9.59 Å². The van der Waals surface area contributed by atoms with Crippen molar-refractivity contribution in [3.63, 3.8) is 0 Å². The van der Waals surface area contributed by atoms with E-state index in [0.29, 0.717) is 5.69 Å². The second kappa shape index (κ2) is 4.70. The van der Waals surface area contributed by atoms with Gasteiger partial charge in [-0.05, 0) is 13.8 Å². The first-order chi connectivity index (χ1) is 7.06. The Balaban J connectivity index is 3.12. The second-order valence-electron chi connectivity index (χ2n) is 3.27. The smallest absolute Gasteiger partial charge is 0.277 e. The number of Topliss-reactive ketones (excluding diaryl/α,β-unsaturated/α-hetero) is 1. The van der Waals surface area contributed by atoms with Crippen molar-refractivity contribution in [2.45, 2.75) is 19.9 Å². The molecule has 0 saturated carbocycles. The fraction of sp³-hybridized carbons (Fsp3) is 0.444. The highest BCUT2D eigenvalue weighted by molar-refractivity contribution is 5.98. The minimum atomic E-state index is -0.530. The molecule has 6 nitrogen and oxygen atoms in total. The molecular formula is C9H13N3O3. The zero-order valence-electron chi connectivity index (χ0n) is 8.57. The molecule has 1 heterocycles. The number of H-pyrrole nitrogens is 1. The maximum Gasteiger partial charge on any atom is 0.277 e. The van der Waals surface area contributed by atoms with Crippen molar-refractivity contribution >= 4 is 11.5 Å². The maximum atomic E-state index is 11.3. The molecule has 0 aliphatic heterocycles. The van der Waals surface area contributed by atoms with Gasteiger partial charge in [-0.25, -0.2) is 5.10 Å². The molecular weight excluding hydrogens is 198 g/mol. The molecule has 1 aromatic rings. The fourth-order valence-electron chi connectivity index (χ4n) is 1.17. The fourth-order valence-corrected chi connectivity index (χ4v) is 1.17. The van der Waals surface area contributed by atoms with Gasteiger partial charge in [0, 0.05) is 6.04 Å². The normalized spacial score (nSPS) is 12.2. The van der Waals surface area contributed by atoms with Crippen LogP contribution in [0.4, 0.5) is 5.69 Å². The molecule has 0 spiro atoms. The van der Waals surface area contributed by atoms with E-state index in [1.54, 1.807) is 6.92 Å². The molecule has 1 aromatic heterocycles. The molecule has 0 fully saturated rings. The Bertz CT molecular complexity index is 413. The van der Waals surface area contributed by atoms with Gasteiger partial charge in [0.1, 0.15) is 5.56 Å². The lowest BCUT2D eigenvalue weighted by Crippen LogP contribution is -2.25. The van der Waals surface area contributed by atoms with E-state index in [4.69, 9.17) is 5.11 Å². The number of carbonyl (C=O) groups is 1. The van der Waals surface area contributed by atoms with Crippen molar-refractivity contribution in [2.24, 2.45) is 0 Å². The number of anilines is 1. The summed E-state index contributed by atoms with van der Waals surface area (Å²) < 4.78 is 0. The van der Waals surface area contributed by atoms with Gasteiger partial charge in [0.15, 0.2) is 5.78 Å². The Kier molecular flexibility index (Phi) is 3.56. The molecule has 6 heteroatoms. The number of aliphatic hydroxyl groups is 1. The van der Waals surface area contributed by atoms with Crippen molar-refractivity contribution in [2.75, 3.05) is 11.9 Å². The van der Waals surface area contributed by atoms with Gasteiger partial charge in [0.25, 0.3) is 5.56 Å². The van der Waals surface area contributed by atoms with Gasteiger partial charge < -0.3 is 10.4 Å². The Hall–Kier alpha value is -1.69. The molecule has 0 amide bonds. The van der Waals surface area contributed by atoms with Crippen LogP contribution >= 0.6 is 0 Å². The van der Waals surface area contributed by atoms with E-state index in [1.165, 1.54) is 13.1 Å². The van der Waals surface area contributed by atoms with Crippen molar-refractivity contribution in [1.82, 2.24) is 10.2 Å². The van der Waals surface area contributed by atoms with Crippen LogP contribution in [0.25, 0.3) is 0 Å². The largest absolute Gasteiger partial charge is 0.394 e. The molecule has 0 saturated heterocycles. The average Bonchev–Trinajstić information content (AvgIpc) is 2.17. The summed E-state index contributed by atoms with van der Waals surface area (Å²) in [6, 6.07) is -0.244. The topological polar surface area (TPSA) is 95.1 Å². The van der Waals surface area contributed by atoms with E-state index in [0.717, 1.165) is 0 Å². The highest BCUT2D eigenvalue weighted by atomic mass is 16.3. The van der Waals surface area contributed by atoms with E-state index in [9.17, 15) is 9.59 Å². The van der Waals surface area contributed by atoms with Gasteiger partial charge in [0.2, 0.25) is 0 Å². The maximum absolute atomic E-state index is 11.3. The summed E-state index contributed by atoms with van der Waals surface area (Å²) in [4.78, 5) is 22.5. The van der Waals surface area contributed by atoms with E-state index < -0.39 is 5.56 Å². The van der Waals surface area contributed by atoms with Crippen molar-refractivity contribution in [1.29, 1.82) is 0 Å². The van der Waals surface area contributed by atoms with Gasteiger partial charge in [-0.15, -0.1) is 0 Å². The summed E-state index contributed by atoms with van der Waals surface area (Å²) in [6.07, 6.45) is 1.35. The van der Waals surface area contributed by atoms with Crippen LogP contribution in [0.1, 0.15) is 24.2 Å². The predicted molar refractivity (Wildman–Crippen MR) is 55.0 cm³/mol. The van der Waals surface area contributed by atoms with Crippen molar-refractivity contribution in [3.8, 4) is 0 Å². The Labute approximate surface area is 86.3 Å². The molecule has 0 bridgehead atoms. The Morgan fingerprint density at radius 1 is 1.73 bits per heavy atom. The van der Waals surface area contributed by atoms with Gasteiger partial charge >= 0.3 is 0 Å². The number of nitrogens with zero attached hydrogens (tertiary/aromatic N) is 1. The molecule has 0 aromatic carbocycles. The average molecular weight is 211 g/mol. The molecule has 3 N–H and O–H groups in total. The van der Waals surface area contributed by atoms with Crippen LogP contribution in [0.5, 0.6) is 0 Å². The number of carbonyl (C=O) groups excluding carboxylic acids is 1. The molecule has 0 radical (unpaired) electrons. The number of aromatic amines is 1. The molecule has 1 rings (SSSR count). The summed E-state index contributed by atoms with van der Waals surface area (Å²) >= 11 is 0.